The quantitative estimate of drug-likeness (QED) is 0.546. The largest absolute Gasteiger partial charge is 0.399 e. The van der Waals surface area contributed by atoms with Gasteiger partial charge in [-0.2, -0.15) is 0 Å². The average molecular weight is 203 g/mol. The van der Waals surface area contributed by atoms with Gasteiger partial charge in [-0.1, -0.05) is 49.3 Å². The molecule has 1 fully saturated rings. The van der Waals surface area contributed by atoms with Crippen LogP contribution in [0.4, 0.5) is 0 Å². The van der Waals surface area contributed by atoms with Crippen LogP contribution in [-0.2, 0) is 4.84 Å². The van der Waals surface area contributed by atoms with Crippen molar-refractivity contribution >= 4 is 6.21 Å². The molecule has 0 saturated heterocycles. The zero-order valence-electron chi connectivity index (χ0n) is 9.47. The molecule has 2 heteroatoms. The molecule has 0 spiro atoms. The number of rotatable bonds is 3. The molecular formula is C13H17NO. The van der Waals surface area contributed by atoms with E-state index in [1.54, 1.807) is 7.11 Å². The fraction of sp³-hybridized carbons (Fsp3) is 0.462. The standard InChI is InChI=1S/C13H17NO/c1-13(2)11(9-14-15-3)12(13)10-7-5-4-6-8-10/h4-9,11-12H,1-3H3/b14-9-/t11-,12-/m1/s1. The number of hydrogen-bond acceptors (Lipinski definition) is 2. The van der Waals surface area contributed by atoms with Gasteiger partial charge < -0.3 is 4.84 Å². The summed E-state index contributed by atoms with van der Waals surface area (Å²) in [4.78, 5) is 4.74. The molecule has 1 aromatic rings. The van der Waals surface area contributed by atoms with Gasteiger partial charge in [-0.25, -0.2) is 0 Å². The molecule has 0 N–H and O–H groups in total. The molecule has 0 heterocycles. The smallest absolute Gasteiger partial charge is 0.106 e. The van der Waals surface area contributed by atoms with Crippen LogP contribution in [0.1, 0.15) is 25.3 Å². The zero-order valence-corrected chi connectivity index (χ0v) is 9.47. The minimum atomic E-state index is 0.309. The van der Waals surface area contributed by atoms with Crippen LogP contribution in [0.25, 0.3) is 0 Å². The lowest BCUT2D eigenvalue weighted by atomic mass is 10.0. The number of nitrogens with zero attached hydrogens (tertiary/aromatic N) is 1. The fourth-order valence-corrected chi connectivity index (χ4v) is 2.38. The third-order valence-corrected chi connectivity index (χ3v) is 3.40. The summed E-state index contributed by atoms with van der Waals surface area (Å²) in [5.74, 6) is 1.08. The molecular weight excluding hydrogens is 186 g/mol. The topological polar surface area (TPSA) is 21.6 Å². The summed E-state index contributed by atoms with van der Waals surface area (Å²) in [5, 5.41) is 3.88. The predicted octanol–water partition coefficient (Wildman–Crippen LogP) is 3.06. The first-order chi connectivity index (χ1) is 7.18. The van der Waals surface area contributed by atoms with E-state index in [2.05, 4.69) is 49.3 Å². The fourth-order valence-electron chi connectivity index (χ4n) is 2.38. The molecule has 15 heavy (non-hydrogen) atoms. The van der Waals surface area contributed by atoms with Gasteiger partial charge in [-0.3, -0.25) is 0 Å². The van der Waals surface area contributed by atoms with E-state index in [0.29, 0.717) is 17.3 Å². The van der Waals surface area contributed by atoms with E-state index < -0.39 is 0 Å². The highest BCUT2D eigenvalue weighted by Gasteiger charge is 2.57. The minimum Gasteiger partial charge on any atom is -0.399 e. The van der Waals surface area contributed by atoms with Crippen LogP contribution in [0.15, 0.2) is 35.5 Å². The van der Waals surface area contributed by atoms with Crippen molar-refractivity contribution in [3.05, 3.63) is 35.9 Å². The summed E-state index contributed by atoms with van der Waals surface area (Å²) >= 11 is 0. The summed E-state index contributed by atoms with van der Waals surface area (Å²) in [6.45, 7) is 4.55. The molecule has 0 aliphatic heterocycles. The SMILES string of the molecule is CO/N=C\[C@@H]1[C@@H](c2ccccc2)C1(C)C. The van der Waals surface area contributed by atoms with E-state index in [-0.39, 0.29) is 0 Å². The second-order valence-corrected chi connectivity index (χ2v) is 4.67. The first kappa shape index (κ1) is 10.2. The van der Waals surface area contributed by atoms with Gasteiger partial charge in [0.25, 0.3) is 0 Å². The van der Waals surface area contributed by atoms with Gasteiger partial charge in [0.2, 0.25) is 0 Å². The van der Waals surface area contributed by atoms with Crippen LogP contribution >= 0.6 is 0 Å². The maximum absolute atomic E-state index is 4.74. The Morgan fingerprint density at radius 3 is 2.53 bits per heavy atom. The summed E-state index contributed by atoms with van der Waals surface area (Å²) in [5.41, 5.74) is 1.71. The van der Waals surface area contributed by atoms with Crippen molar-refractivity contribution < 1.29 is 4.84 Å². The van der Waals surface area contributed by atoms with Gasteiger partial charge in [0.05, 0.1) is 0 Å². The van der Waals surface area contributed by atoms with Crippen LogP contribution in [0, 0.1) is 11.3 Å². The first-order valence-electron chi connectivity index (χ1n) is 5.29. The van der Waals surface area contributed by atoms with Gasteiger partial charge in [-0.05, 0) is 16.9 Å². The highest BCUT2D eigenvalue weighted by Crippen LogP contribution is 2.63. The van der Waals surface area contributed by atoms with E-state index in [0.717, 1.165) is 0 Å². The lowest BCUT2D eigenvalue weighted by Gasteiger charge is -2.01. The Morgan fingerprint density at radius 2 is 1.93 bits per heavy atom. The van der Waals surface area contributed by atoms with Gasteiger partial charge >= 0.3 is 0 Å². The highest BCUT2D eigenvalue weighted by molar-refractivity contribution is 5.69. The molecule has 1 aliphatic carbocycles. The predicted molar refractivity (Wildman–Crippen MR) is 62.0 cm³/mol. The Morgan fingerprint density at radius 1 is 1.27 bits per heavy atom. The molecule has 0 amide bonds. The zero-order chi connectivity index (χ0) is 10.9. The van der Waals surface area contributed by atoms with Crippen molar-refractivity contribution in [3.63, 3.8) is 0 Å². The Balaban J connectivity index is 2.16. The van der Waals surface area contributed by atoms with E-state index >= 15 is 0 Å². The monoisotopic (exact) mass is 203 g/mol. The summed E-state index contributed by atoms with van der Waals surface area (Å²) in [7, 11) is 1.59. The molecule has 1 saturated carbocycles. The third kappa shape index (κ3) is 1.76. The number of hydrogen-bond donors (Lipinski definition) is 0. The highest BCUT2D eigenvalue weighted by atomic mass is 16.6. The maximum Gasteiger partial charge on any atom is 0.106 e. The third-order valence-electron chi connectivity index (χ3n) is 3.40. The summed E-state index contributed by atoms with van der Waals surface area (Å²) in [6, 6.07) is 10.6. The molecule has 2 atom stereocenters. The van der Waals surface area contributed by atoms with E-state index in [1.165, 1.54) is 5.56 Å². The van der Waals surface area contributed by atoms with Crippen LogP contribution in [0.5, 0.6) is 0 Å². The van der Waals surface area contributed by atoms with Gasteiger partial charge in [0.1, 0.15) is 7.11 Å². The van der Waals surface area contributed by atoms with E-state index in [9.17, 15) is 0 Å². The van der Waals surface area contributed by atoms with Crippen LogP contribution < -0.4 is 0 Å². The van der Waals surface area contributed by atoms with Gasteiger partial charge in [-0.15, -0.1) is 0 Å². The lowest BCUT2D eigenvalue weighted by molar-refractivity contribution is 0.214. The summed E-state index contributed by atoms with van der Waals surface area (Å²) in [6.07, 6.45) is 1.93. The van der Waals surface area contributed by atoms with Crippen molar-refractivity contribution in [1.82, 2.24) is 0 Å². The molecule has 2 rings (SSSR count). The van der Waals surface area contributed by atoms with Gasteiger partial charge in [0, 0.05) is 12.1 Å². The molecule has 1 aliphatic rings. The van der Waals surface area contributed by atoms with Crippen molar-refractivity contribution in [3.8, 4) is 0 Å². The molecule has 0 aromatic heterocycles. The van der Waals surface area contributed by atoms with Crippen molar-refractivity contribution in [2.45, 2.75) is 19.8 Å². The van der Waals surface area contributed by atoms with E-state index in [1.807, 2.05) is 6.21 Å². The maximum atomic E-state index is 4.74. The van der Waals surface area contributed by atoms with E-state index in [4.69, 9.17) is 4.84 Å². The average Bonchev–Trinajstić information content (AvgIpc) is 2.79. The van der Waals surface area contributed by atoms with Crippen LogP contribution in [0.3, 0.4) is 0 Å². The molecule has 80 valence electrons. The van der Waals surface area contributed by atoms with Crippen molar-refractivity contribution in [2.24, 2.45) is 16.5 Å². The lowest BCUT2D eigenvalue weighted by Crippen LogP contribution is -1.91. The molecule has 2 nitrogen and oxygen atoms in total. The normalized spacial score (nSPS) is 27.9. The minimum absolute atomic E-state index is 0.309. The number of oxime groups is 1. The Labute approximate surface area is 90.9 Å². The molecule has 0 unspecified atom stereocenters. The molecule has 0 bridgehead atoms. The Hall–Kier alpha value is -1.31. The van der Waals surface area contributed by atoms with Crippen LogP contribution in [-0.4, -0.2) is 13.3 Å². The van der Waals surface area contributed by atoms with Gasteiger partial charge in [0.15, 0.2) is 0 Å². The number of benzene rings is 1. The Bertz CT molecular complexity index is 356. The van der Waals surface area contributed by atoms with Crippen LogP contribution in [0.2, 0.25) is 0 Å². The molecule has 0 radical (unpaired) electrons. The van der Waals surface area contributed by atoms with Crippen molar-refractivity contribution in [2.75, 3.05) is 7.11 Å². The second kappa shape index (κ2) is 3.69. The summed E-state index contributed by atoms with van der Waals surface area (Å²) < 4.78 is 0. The molecule has 1 aromatic carbocycles. The van der Waals surface area contributed by atoms with Crippen molar-refractivity contribution in [1.29, 1.82) is 0 Å². The second-order valence-electron chi connectivity index (χ2n) is 4.67. The first-order valence-corrected chi connectivity index (χ1v) is 5.29. The Kier molecular flexibility index (Phi) is 2.51.